The van der Waals surface area contributed by atoms with E-state index in [1.54, 1.807) is 0 Å². The molecule has 148 valence electrons. The molecule has 0 aliphatic carbocycles. The normalized spacial score (nSPS) is 12.5. The van der Waals surface area contributed by atoms with Crippen LogP contribution in [0.15, 0.2) is 54.6 Å². The fourth-order valence-corrected chi connectivity index (χ4v) is 3.42. The van der Waals surface area contributed by atoms with Crippen molar-refractivity contribution in [2.45, 2.75) is 31.8 Å². The summed E-state index contributed by atoms with van der Waals surface area (Å²) in [5.41, 5.74) is 1.81. The van der Waals surface area contributed by atoms with E-state index >= 15 is 0 Å². The predicted molar refractivity (Wildman–Crippen MR) is 115 cm³/mol. The lowest BCUT2D eigenvalue weighted by Crippen LogP contribution is -2.53. The minimum atomic E-state index is -0.845. The van der Waals surface area contributed by atoms with Crippen LogP contribution < -0.4 is 10.6 Å². The highest BCUT2D eigenvalue weighted by atomic mass is 127. The van der Waals surface area contributed by atoms with E-state index in [9.17, 15) is 14.4 Å². The number of benzene rings is 2. The Morgan fingerprint density at radius 3 is 2.18 bits per heavy atom. The quantitative estimate of drug-likeness (QED) is 0.436. The van der Waals surface area contributed by atoms with E-state index in [4.69, 9.17) is 4.74 Å². The van der Waals surface area contributed by atoms with Gasteiger partial charge in [-0.05, 0) is 45.9 Å². The van der Waals surface area contributed by atoms with Crippen LogP contribution in [-0.2, 0) is 32.0 Å². The molecule has 0 aliphatic heterocycles. The van der Waals surface area contributed by atoms with Crippen molar-refractivity contribution in [2.75, 3.05) is 7.11 Å². The number of hydrogen-bond donors (Lipinski definition) is 2. The van der Waals surface area contributed by atoms with Crippen molar-refractivity contribution in [2.24, 2.45) is 0 Å². The Morgan fingerprint density at radius 1 is 0.929 bits per heavy atom. The van der Waals surface area contributed by atoms with E-state index in [0.717, 1.165) is 14.7 Å². The summed E-state index contributed by atoms with van der Waals surface area (Å²) in [6.45, 7) is 1.36. The van der Waals surface area contributed by atoms with Gasteiger partial charge in [0.2, 0.25) is 11.8 Å². The number of rotatable bonds is 8. The molecule has 2 N–H and O–H groups in total. The van der Waals surface area contributed by atoms with E-state index in [1.165, 1.54) is 14.0 Å². The number of amides is 2. The average Bonchev–Trinajstić information content (AvgIpc) is 2.66. The van der Waals surface area contributed by atoms with Crippen molar-refractivity contribution >= 4 is 40.4 Å². The fraction of sp³-hybridized carbons (Fsp3) is 0.286. The van der Waals surface area contributed by atoms with Crippen LogP contribution in [0.4, 0.5) is 0 Å². The Bertz CT molecular complexity index is 826. The second-order valence-corrected chi connectivity index (χ2v) is 7.61. The summed E-state index contributed by atoms with van der Waals surface area (Å²) in [4.78, 5) is 36.6. The molecule has 0 bridgehead atoms. The van der Waals surface area contributed by atoms with Crippen molar-refractivity contribution < 1.29 is 19.1 Å². The van der Waals surface area contributed by atoms with Gasteiger partial charge in [0, 0.05) is 23.3 Å². The van der Waals surface area contributed by atoms with Crippen LogP contribution in [0.5, 0.6) is 0 Å². The summed E-state index contributed by atoms with van der Waals surface area (Å²) in [6.07, 6.45) is 0.622. The van der Waals surface area contributed by atoms with Crippen molar-refractivity contribution in [1.29, 1.82) is 0 Å². The van der Waals surface area contributed by atoms with Gasteiger partial charge in [-0.3, -0.25) is 9.59 Å². The third-order valence-corrected chi connectivity index (χ3v) is 4.78. The molecule has 0 spiro atoms. The lowest BCUT2D eigenvalue weighted by atomic mass is 10.0. The summed E-state index contributed by atoms with van der Waals surface area (Å²) >= 11 is 2.19. The molecular formula is C21H23IN2O4. The van der Waals surface area contributed by atoms with Crippen molar-refractivity contribution in [3.63, 3.8) is 0 Å². The molecule has 2 aromatic rings. The first-order valence-corrected chi connectivity index (χ1v) is 9.90. The minimum Gasteiger partial charge on any atom is -0.467 e. The fourth-order valence-electron chi connectivity index (χ4n) is 2.81. The molecule has 0 saturated heterocycles. The molecular weight excluding hydrogens is 471 g/mol. The van der Waals surface area contributed by atoms with Gasteiger partial charge in [0.1, 0.15) is 12.1 Å². The first-order valence-electron chi connectivity index (χ1n) is 8.82. The van der Waals surface area contributed by atoms with E-state index in [2.05, 4.69) is 33.2 Å². The average molecular weight is 494 g/mol. The lowest BCUT2D eigenvalue weighted by Gasteiger charge is -2.22. The topological polar surface area (TPSA) is 84.5 Å². The molecule has 2 atom stereocenters. The molecule has 2 amide bonds. The number of ether oxygens (including phenoxy) is 1. The van der Waals surface area contributed by atoms with Crippen LogP contribution in [0.1, 0.15) is 18.1 Å². The number of hydrogen-bond acceptors (Lipinski definition) is 4. The molecule has 0 radical (unpaired) electrons. The smallest absolute Gasteiger partial charge is 0.328 e. The van der Waals surface area contributed by atoms with E-state index in [-0.39, 0.29) is 5.91 Å². The maximum Gasteiger partial charge on any atom is 0.328 e. The zero-order valence-corrected chi connectivity index (χ0v) is 17.9. The molecule has 0 saturated carbocycles. The van der Waals surface area contributed by atoms with Crippen LogP contribution >= 0.6 is 22.6 Å². The van der Waals surface area contributed by atoms with Crippen molar-refractivity contribution in [3.8, 4) is 0 Å². The molecule has 7 heteroatoms. The van der Waals surface area contributed by atoms with Crippen molar-refractivity contribution in [1.82, 2.24) is 10.6 Å². The first-order chi connectivity index (χ1) is 13.4. The molecule has 0 fully saturated rings. The molecule has 0 unspecified atom stereocenters. The number of methoxy groups -OCH3 is 1. The summed E-state index contributed by atoms with van der Waals surface area (Å²) in [5, 5.41) is 5.39. The summed E-state index contributed by atoms with van der Waals surface area (Å²) in [6, 6.07) is 15.4. The summed E-state index contributed by atoms with van der Waals surface area (Å²) < 4.78 is 5.88. The van der Waals surface area contributed by atoms with Crippen molar-refractivity contribution in [3.05, 3.63) is 69.3 Å². The first kappa shape index (κ1) is 21.9. The standard InChI is InChI=1S/C21H23IN2O4/c1-14(25)23-18(12-15-7-4-3-5-8-15)20(26)24-19(21(27)28-2)13-16-9-6-10-17(22)11-16/h3-11,18-19H,12-13H2,1-2H3,(H,23,25)(H,24,26)/t18-,19-/m1/s1. The Labute approximate surface area is 178 Å². The van der Waals surface area contributed by atoms with Gasteiger partial charge in [0.05, 0.1) is 7.11 Å². The van der Waals surface area contributed by atoms with Crippen LogP contribution in [0.25, 0.3) is 0 Å². The number of halogens is 1. The van der Waals surface area contributed by atoms with Crippen LogP contribution in [-0.4, -0.2) is 37.0 Å². The molecule has 28 heavy (non-hydrogen) atoms. The highest BCUT2D eigenvalue weighted by Crippen LogP contribution is 2.11. The maximum absolute atomic E-state index is 12.8. The van der Waals surface area contributed by atoms with Gasteiger partial charge in [0.25, 0.3) is 0 Å². The van der Waals surface area contributed by atoms with Crippen LogP contribution in [0, 0.1) is 3.57 Å². The molecule has 2 aromatic carbocycles. The van der Waals surface area contributed by atoms with Gasteiger partial charge in [-0.25, -0.2) is 4.79 Å². The maximum atomic E-state index is 12.8. The second kappa shape index (κ2) is 10.8. The number of carbonyl (C=O) groups is 3. The monoisotopic (exact) mass is 494 g/mol. The largest absolute Gasteiger partial charge is 0.467 e. The molecule has 0 heterocycles. The number of esters is 1. The highest BCUT2D eigenvalue weighted by molar-refractivity contribution is 14.1. The SMILES string of the molecule is COC(=O)[C@@H](Cc1cccc(I)c1)NC(=O)[C@@H](Cc1ccccc1)NC(C)=O. The van der Waals surface area contributed by atoms with E-state index in [1.807, 2.05) is 54.6 Å². The van der Waals surface area contributed by atoms with Gasteiger partial charge < -0.3 is 15.4 Å². The Kier molecular flexibility index (Phi) is 8.43. The van der Waals surface area contributed by atoms with Gasteiger partial charge >= 0.3 is 5.97 Å². The third kappa shape index (κ3) is 6.95. The molecule has 0 aromatic heterocycles. The van der Waals surface area contributed by atoms with E-state index < -0.39 is 24.0 Å². The van der Waals surface area contributed by atoms with Gasteiger partial charge in [-0.1, -0.05) is 42.5 Å². The second-order valence-electron chi connectivity index (χ2n) is 6.36. The minimum absolute atomic E-state index is 0.299. The predicted octanol–water partition coefficient (Wildman–Crippen LogP) is 2.24. The molecule has 6 nitrogen and oxygen atoms in total. The number of carbonyl (C=O) groups excluding carboxylic acids is 3. The Hall–Kier alpha value is -2.42. The van der Waals surface area contributed by atoms with Crippen LogP contribution in [0.2, 0.25) is 0 Å². The third-order valence-electron chi connectivity index (χ3n) is 4.11. The molecule has 0 aliphatic rings. The highest BCUT2D eigenvalue weighted by Gasteiger charge is 2.27. The van der Waals surface area contributed by atoms with E-state index in [0.29, 0.717) is 12.8 Å². The van der Waals surface area contributed by atoms with Gasteiger partial charge in [0.15, 0.2) is 0 Å². The van der Waals surface area contributed by atoms with Crippen LogP contribution in [0.3, 0.4) is 0 Å². The molecule has 2 rings (SSSR count). The summed E-state index contributed by atoms with van der Waals surface area (Å²) in [5.74, 6) is -1.28. The zero-order valence-electron chi connectivity index (χ0n) is 15.8. The Morgan fingerprint density at radius 2 is 1.57 bits per heavy atom. The Balaban J connectivity index is 2.15. The van der Waals surface area contributed by atoms with Gasteiger partial charge in [-0.15, -0.1) is 0 Å². The lowest BCUT2D eigenvalue weighted by molar-refractivity contribution is -0.145. The summed E-state index contributed by atoms with van der Waals surface area (Å²) in [7, 11) is 1.28. The van der Waals surface area contributed by atoms with Gasteiger partial charge in [-0.2, -0.15) is 0 Å². The number of nitrogens with one attached hydrogen (secondary N) is 2. The zero-order chi connectivity index (χ0) is 20.5.